The van der Waals surface area contributed by atoms with E-state index in [1.54, 1.807) is 23.9 Å². The van der Waals surface area contributed by atoms with Gasteiger partial charge in [-0.3, -0.25) is 0 Å². The number of hydrogen-bond donors (Lipinski definition) is 3. The number of aliphatic hydroxyl groups excluding tert-OH is 1. The van der Waals surface area contributed by atoms with Crippen molar-refractivity contribution in [3.8, 4) is 0 Å². The average molecular weight is 258 g/mol. The van der Waals surface area contributed by atoms with Gasteiger partial charge in [-0.05, 0) is 25.3 Å². The minimum Gasteiger partial charge on any atom is -0.467 e. The molecule has 0 fully saturated rings. The molecule has 0 aliphatic carbocycles. The lowest BCUT2D eigenvalue weighted by molar-refractivity contribution is 0.147. The fraction of sp³-hybridized carbons (Fsp3) is 0.545. The van der Waals surface area contributed by atoms with E-state index in [0.29, 0.717) is 5.76 Å². The molecule has 17 heavy (non-hydrogen) atoms. The molecule has 2 amide bonds. The van der Waals surface area contributed by atoms with Gasteiger partial charge >= 0.3 is 6.03 Å². The number of carbonyl (C=O) groups excluding carboxylic acids is 1. The first-order chi connectivity index (χ1) is 8.13. The van der Waals surface area contributed by atoms with E-state index in [-0.39, 0.29) is 18.6 Å². The number of urea groups is 1. The van der Waals surface area contributed by atoms with Crippen LogP contribution in [0.15, 0.2) is 22.8 Å². The summed E-state index contributed by atoms with van der Waals surface area (Å²) in [6.45, 7) is 2.06. The van der Waals surface area contributed by atoms with E-state index in [0.717, 1.165) is 5.75 Å². The van der Waals surface area contributed by atoms with Crippen molar-refractivity contribution in [2.75, 3.05) is 18.6 Å². The second-order valence-corrected chi connectivity index (χ2v) is 4.65. The lowest BCUT2D eigenvalue weighted by Crippen LogP contribution is -2.43. The lowest BCUT2D eigenvalue weighted by Gasteiger charge is -2.14. The predicted molar refractivity (Wildman–Crippen MR) is 68.0 cm³/mol. The van der Waals surface area contributed by atoms with Crippen molar-refractivity contribution in [3.63, 3.8) is 0 Å². The third kappa shape index (κ3) is 5.14. The summed E-state index contributed by atoms with van der Waals surface area (Å²) in [4.78, 5) is 11.4. The highest BCUT2D eigenvalue weighted by Crippen LogP contribution is 2.11. The molecule has 1 heterocycles. The Morgan fingerprint density at radius 1 is 1.65 bits per heavy atom. The maximum Gasteiger partial charge on any atom is 0.315 e. The van der Waals surface area contributed by atoms with Gasteiger partial charge in [-0.2, -0.15) is 11.8 Å². The maximum atomic E-state index is 11.4. The first-order valence-corrected chi connectivity index (χ1v) is 6.77. The molecule has 2 unspecified atom stereocenters. The van der Waals surface area contributed by atoms with E-state index in [1.165, 1.54) is 6.26 Å². The van der Waals surface area contributed by atoms with Gasteiger partial charge in [0, 0.05) is 11.8 Å². The molecule has 0 spiro atoms. The van der Waals surface area contributed by atoms with Gasteiger partial charge in [0.1, 0.15) is 11.9 Å². The van der Waals surface area contributed by atoms with Crippen LogP contribution in [-0.2, 0) is 0 Å². The van der Waals surface area contributed by atoms with Crippen LogP contribution in [0, 0.1) is 0 Å². The molecule has 1 aromatic heterocycles. The molecule has 6 heteroatoms. The van der Waals surface area contributed by atoms with E-state index >= 15 is 0 Å². The SMILES string of the molecule is CSCC(C)NC(=O)NCC(O)c1ccco1. The Kier molecular flexibility index (Phi) is 5.93. The Labute approximate surface area is 105 Å². The summed E-state index contributed by atoms with van der Waals surface area (Å²) in [5, 5.41) is 15.0. The number of hydrogen-bond acceptors (Lipinski definition) is 4. The summed E-state index contributed by atoms with van der Waals surface area (Å²) in [6, 6.07) is 3.18. The van der Waals surface area contributed by atoms with Crippen molar-refractivity contribution in [1.82, 2.24) is 10.6 Å². The number of nitrogens with one attached hydrogen (secondary N) is 2. The highest BCUT2D eigenvalue weighted by Gasteiger charge is 2.12. The second-order valence-electron chi connectivity index (χ2n) is 3.74. The summed E-state index contributed by atoms with van der Waals surface area (Å²) in [5.74, 6) is 1.30. The van der Waals surface area contributed by atoms with Gasteiger partial charge in [0.15, 0.2) is 0 Å². The van der Waals surface area contributed by atoms with E-state index in [4.69, 9.17) is 4.42 Å². The maximum absolute atomic E-state index is 11.4. The number of rotatable bonds is 6. The fourth-order valence-corrected chi connectivity index (χ4v) is 1.92. The monoisotopic (exact) mass is 258 g/mol. The van der Waals surface area contributed by atoms with Crippen molar-refractivity contribution in [3.05, 3.63) is 24.2 Å². The highest BCUT2D eigenvalue weighted by molar-refractivity contribution is 7.98. The standard InChI is InChI=1S/C11H18N2O3S/c1-8(7-17-2)13-11(15)12-6-9(14)10-4-3-5-16-10/h3-5,8-9,14H,6-7H2,1-2H3,(H2,12,13,15). The molecule has 0 aromatic carbocycles. The van der Waals surface area contributed by atoms with Crippen LogP contribution in [-0.4, -0.2) is 35.7 Å². The van der Waals surface area contributed by atoms with Crippen LogP contribution in [0.25, 0.3) is 0 Å². The predicted octanol–water partition coefficient (Wildman–Crippen LogP) is 1.36. The quantitative estimate of drug-likeness (QED) is 0.720. The highest BCUT2D eigenvalue weighted by atomic mass is 32.2. The molecule has 96 valence electrons. The topological polar surface area (TPSA) is 74.5 Å². The van der Waals surface area contributed by atoms with Gasteiger partial charge in [0.2, 0.25) is 0 Å². The number of carbonyl (C=O) groups is 1. The summed E-state index contributed by atoms with van der Waals surface area (Å²) in [5.41, 5.74) is 0. The van der Waals surface area contributed by atoms with E-state index in [2.05, 4.69) is 10.6 Å². The average Bonchev–Trinajstić information content (AvgIpc) is 2.79. The molecule has 0 radical (unpaired) electrons. The summed E-state index contributed by atoms with van der Waals surface area (Å²) >= 11 is 1.67. The number of furan rings is 1. The molecule has 0 saturated heterocycles. The van der Waals surface area contributed by atoms with Gasteiger partial charge in [-0.25, -0.2) is 4.79 Å². The lowest BCUT2D eigenvalue weighted by atomic mass is 10.3. The van der Waals surface area contributed by atoms with Crippen LogP contribution in [0.1, 0.15) is 18.8 Å². The zero-order chi connectivity index (χ0) is 12.7. The Morgan fingerprint density at radius 3 is 3.00 bits per heavy atom. The van der Waals surface area contributed by atoms with Crippen molar-refractivity contribution in [2.24, 2.45) is 0 Å². The zero-order valence-corrected chi connectivity index (χ0v) is 10.8. The molecule has 0 aliphatic heterocycles. The van der Waals surface area contributed by atoms with Crippen molar-refractivity contribution >= 4 is 17.8 Å². The summed E-state index contributed by atoms with van der Waals surface area (Å²) in [7, 11) is 0. The number of aliphatic hydroxyl groups is 1. The Morgan fingerprint density at radius 2 is 2.41 bits per heavy atom. The smallest absolute Gasteiger partial charge is 0.315 e. The molecular weight excluding hydrogens is 240 g/mol. The van der Waals surface area contributed by atoms with Crippen LogP contribution in [0.4, 0.5) is 4.79 Å². The molecule has 1 rings (SSSR count). The van der Waals surface area contributed by atoms with Gasteiger partial charge < -0.3 is 20.2 Å². The summed E-state index contributed by atoms with van der Waals surface area (Å²) < 4.78 is 5.02. The van der Waals surface area contributed by atoms with Gasteiger partial charge in [0.05, 0.1) is 12.8 Å². The van der Waals surface area contributed by atoms with Crippen molar-refractivity contribution in [2.45, 2.75) is 19.1 Å². The minimum absolute atomic E-state index is 0.103. The van der Waals surface area contributed by atoms with E-state index in [1.807, 2.05) is 13.2 Å². The Balaban J connectivity index is 2.24. The van der Waals surface area contributed by atoms with Gasteiger partial charge in [0.25, 0.3) is 0 Å². The molecule has 0 bridgehead atoms. The first kappa shape index (κ1) is 13.9. The minimum atomic E-state index is -0.813. The van der Waals surface area contributed by atoms with Gasteiger partial charge in [-0.1, -0.05) is 0 Å². The number of amides is 2. The molecule has 3 N–H and O–H groups in total. The van der Waals surface area contributed by atoms with Crippen LogP contribution in [0.3, 0.4) is 0 Å². The summed E-state index contributed by atoms with van der Waals surface area (Å²) in [6.07, 6.45) is 2.65. The van der Waals surface area contributed by atoms with Crippen LogP contribution in [0.2, 0.25) is 0 Å². The molecular formula is C11H18N2O3S. The normalized spacial score (nSPS) is 14.1. The largest absolute Gasteiger partial charge is 0.467 e. The van der Waals surface area contributed by atoms with Crippen LogP contribution in [0.5, 0.6) is 0 Å². The van der Waals surface area contributed by atoms with Crippen molar-refractivity contribution < 1.29 is 14.3 Å². The molecule has 0 aliphatic rings. The number of thioether (sulfide) groups is 1. The molecule has 2 atom stereocenters. The van der Waals surface area contributed by atoms with Crippen LogP contribution < -0.4 is 10.6 Å². The zero-order valence-electron chi connectivity index (χ0n) is 9.97. The Hall–Kier alpha value is -1.14. The fourth-order valence-electron chi connectivity index (χ4n) is 1.34. The van der Waals surface area contributed by atoms with Crippen LogP contribution >= 0.6 is 11.8 Å². The first-order valence-electron chi connectivity index (χ1n) is 5.38. The van der Waals surface area contributed by atoms with Gasteiger partial charge in [-0.15, -0.1) is 0 Å². The second kappa shape index (κ2) is 7.24. The van der Waals surface area contributed by atoms with E-state index in [9.17, 15) is 9.90 Å². The third-order valence-corrected chi connectivity index (χ3v) is 2.96. The third-order valence-electron chi connectivity index (χ3n) is 2.12. The molecule has 0 saturated carbocycles. The van der Waals surface area contributed by atoms with Crippen molar-refractivity contribution in [1.29, 1.82) is 0 Å². The van der Waals surface area contributed by atoms with E-state index < -0.39 is 6.10 Å². The molecule has 5 nitrogen and oxygen atoms in total. The molecule has 1 aromatic rings. The Bertz CT molecular complexity index is 329.